The van der Waals surface area contributed by atoms with Crippen LogP contribution in [0.3, 0.4) is 0 Å². The normalized spacial score (nSPS) is 13.3. The minimum absolute atomic E-state index is 0.0480. The van der Waals surface area contributed by atoms with Gasteiger partial charge in [-0.1, -0.05) is 44.7 Å². The van der Waals surface area contributed by atoms with Crippen LogP contribution >= 0.6 is 0 Å². The number of carbonyl (C=O) groups excluding carboxylic acids is 2. The topological polar surface area (TPSA) is 140 Å². The molecule has 0 bridgehead atoms. The second-order valence-corrected chi connectivity index (χ2v) is 7.93. The fraction of sp³-hybridized carbons (Fsp3) is 0.435. The first kappa shape index (κ1) is 27.9. The molecule has 0 radical (unpaired) electrons. The Morgan fingerprint density at radius 3 is 2.33 bits per heavy atom. The Balaban J connectivity index is 2.94. The maximum Gasteiger partial charge on any atom is 0.330 e. The summed E-state index contributed by atoms with van der Waals surface area (Å²) in [6.07, 6.45) is 3.46. The smallest absolute Gasteiger partial charge is 0.330 e. The SMILES string of the molecule is C=CCOc1ccc(C[C@H](BOCN)C(=O)N[C@@H](CC(C)C)C(=O)N[C@@H](C=C)C(=O)O)cc1. The van der Waals surface area contributed by atoms with Crippen LogP contribution in [-0.4, -0.2) is 55.8 Å². The molecule has 33 heavy (non-hydrogen) atoms. The minimum Gasteiger partial charge on any atom is -0.490 e. The van der Waals surface area contributed by atoms with Crippen LogP contribution in [0.2, 0.25) is 5.82 Å². The van der Waals surface area contributed by atoms with E-state index in [4.69, 9.17) is 20.2 Å². The average Bonchev–Trinajstić information content (AvgIpc) is 2.78. The van der Waals surface area contributed by atoms with Crippen LogP contribution in [0, 0.1) is 5.92 Å². The van der Waals surface area contributed by atoms with Gasteiger partial charge >= 0.3 is 5.97 Å². The third-order valence-corrected chi connectivity index (χ3v) is 4.72. The Kier molecular flexibility index (Phi) is 12.6. The summed E-state index contributed by atoms with van der Waals surface area (Å²) in [4.78, 5) is 37.0. The average molecular weight is 459 g/mol. The first-order valence-electron chi connectivity index (χ1n) is 10.8. The van der Waals surface area contributed by atoms with Gasteiger partial charge in [0.1, 0.15) is 24.4 Å². The predicted octanol–water partition coefficient (Wildman–Crippen LogP) is 1.15. The van der Waals surface area contributed by atoms with Crippen molar-refractivity contribution in [2.45, 2.75) is 44.6 Å². The molecule has 0 aliphatic rings. The van der Waals surface area contributed by atoms with E-state index in [9.17, 15) is 14.4 Å². The van der Waals surface area contributed by atoms with Gasteiger partial charge in [0.25, 0.3) is 7.48 Å². The molecule has 9 nitrogen and oxygen atoms in total. The molecule has 0 aromatic heterocycles. The van der Waals surface area contributed by atoms with Crippen molar-refractivity contribution in [3.05, 3.63) is 55.1 Å². The molecule has 0 saturated carbocycles. The second-order valence-electron chi connectivity index (χ2n) is 7.93. The largest absolute Gasteiger partial charge is 0.490 e. The van der Waals surface area contributed by atoms with E-state index in [-0.39, 0.29) is 26.0 Å². The number of carbonyl (C=O) groups is 3. The van der Waals surface area contributed by atoms with Gasteiger partial charge in [-0.05, 0) is 36.5 Å². The highest BCUT2D eigenvalue weighted by Gasteiger charge is 2.29. The van der Waals surface area contributed by atoms with Crippen molar-refractivity contribution in [2.75, 3.05) is 13.3 Å². The molecule has 2 amide bonds. The van der Waals surface area contributed by atoms with Crippen LogP contribution in [0.5, 0.6) is 5.75 Å². The summed E-state index contributed by atoms with van der Waals surface area (Å²) in [5.41, 5.74) is 6.32. The molecule has 3 atom stereocenters. The van der Waals surface area contributed by atoms with Gasteiger partial charge in [0.15, 0.2) is 0 Å². The summed E-state index contributed by atoms with van der Waals surface area (Å²) in [5.74, 6) is -2.06. The fourth-order valence-electron chi connectivity index (χ4n) is 3.07. The number of benzene rings is 1. The predicted molar refractivity (Wildman–Crippen MR) is 128 cm³/mol. The van der Waals surface area contributed by atoms with Gasteiger partial charge in [0.05, 0.1) is 6.73 Å². The van der Waals surface area contributed by atoms with Gasteiger partial charge < -0.3 is 30.9 Å². The van der Waals surface area contributed by atoms with Crippen LogP contribution in [0.25, 0.3) is 0 Å². The molecule has 10 heteroatoms. The molecular weight excluding hydrogens is 425 g/mol. The number of hydrogen-bond donors (Lipinski definition) is 4. The van der Waals surface area contributed by atoms with Gasteiger partial charge in [0, 0.05) is 5.82 Å². The standard InChI is InChI=1S/C23H34BN3O6/c1-5-11-32-17-9-7-16(8-10-17)13-18(24-33-14-25)21(28)27-20(12-15(3)4)22(29)26-19(6-2)23(30)31/h5-10,15,18-20,24H,1-2,11-14,25H2,3-4H3,(H,26,29)(H,27,28)(H,30,31)/t18-,19-,20-/m0/s1. The van der Waals surface area contributed by atoms with E-state index in [0.717, 1.165) is 11.6 Å². The molecular formula is C23H34BN3O6. The van der Waals surface area contributed by atoms with E-state index in [2.05, 4.69) is 23.8 Å². The maximum absolute atomic E-state index is 13.1. The molecule has 1 rings (SSSR count). The number of carboxylic acid groups (broad SMARTS) is 1. The maximum atomic E-state index is 13.1. The van der Waals surface area contributed by atoms with E-state index >= 15 is 0 Å². The highest BCUT2D eigenvalue weighted by atomic mass is 16.5. The Bertz CT molecular complexity index is 800. The van der Waals surface area contributed by atoms with Crippen LogP contribution < -0.4 is 21.1 Å². The van der Waals surface area contributed by atoms with Crippen molar-refractivity contribution in [2.24, 2.45) is 11.7 Å². The van der Waals surface area contributed by atoms with Crippen LogP contribution in [0.1, 0.15) is 25.8 Å². The lowest BCUT2D eigenvalue weighted by molar-refractivity contribution is -0.140. The summed E-state index contributed by atoms with van der Waals surface area (Å²) in [6, 6.07) is 5.14. The van der Waals surface area contributed by atoms with Crippen molar-refractivity contribution < 1.29 is 28.9 Å². The number of hydrogen-bond acceptors (Lipinski definition) is 6. The van der Waals surface area contributed by atoms with E-state index in [1.165, 1.54) is 0 Å². The van der Waals surface area contributed by atoms with Gasteiger partial charge in [-0.25, -0.2) is 4.79 Å². The number of aliphatic carboxylic acids is 1. The van der Waals surface area contributed by atoms with E-state index < -0.39 is 29.8 Å². The third-order valence-electron chi connectivity index (χ3n) is 4.72. The van der Waals surface area contributed by atoms with Gasteiger partial charge in [0.2, 0.25) is 11.8 Å². The van der Waals surface area contributed by atoms with Crippen molar-refractivity contribution in [3.63, 3.8) is 0 Å². The number of rotatable bonds is 16. The van der Waals surface area contributed by atoms with E-state index in [1.54, 1.807) is 18.2 Å². The van der Waals surface area contributed by atoms with Crippen LogP contribution in [0.4, 0.5) is 0 Å². The Labute approximate surface area is 195 Å². The molecule has 0 fully saturated rings. The first-order valence-corrected chi connectivity index (χ1v) is 10.8. The Morgan fingerprint density at radius 1 is 1.15 bits per heavy atom. The lowest BCUT2D eigenvalue weighted by atomic mass is 9.75. The summed E-state index contributed by atoms with van der Waals surface area (Å²) < 4.78 is 10.8. The van der Waals surface area contributed by atoms with Crippen LogP contribution in [-0.2, 0) is 25.5 Å². The number of ether oxygens (including phenoxy) is 1. The highest BCUT2D eigenvalue weighted by Crippen LogP contribution is 2.19. The van der Waals surface area contributed by atoms with Crippen molar-refractivity contribution in [3.8, 4) is 5.75 Å². The minimum atomic E-state index is -1.25. The van der Waals surface area contributed by atoms with Crippen molar-refractivity contribution in [1.82, 2.24) is 10.6 Å². The zero-order chi connectivity index (χ0) is 24.8. The monoisotopic (exact) mass is 459 g/mol. The molecule has 180 valence electrons. The zero-order valence-electron chi connectivity index (χ0n) is 19.3. The molecule has 1 aromatic rings. The molecule has 1 aromatic carbocycles. The van der Waals surface area contributed by atoms with E-state index in [1.807, 2.05) is 26.0 Å². The number of nitrogens with two attached hydrogens (primary N) is 1. The Morgan fingerprint density at radius 2 is 1.82 bits per heavy atom. The molecule has 0 unspecified atom stereocenters. The lowest BCUT2D eigenvalue weighted by Crippen LogP contribution is -2.52. The van der Waals surface area contributed by atoms with Crippen LogP contribution in [0.15, 0.2) is 49.6 Å². The van der Waals surface area contributed by atoms with Gasteiger partial charge in [-0.3, -0.25) is 9.59 Å². The fourth-order valence-corrected chi connectivity index (χ4v) is 3.07. The number of carboxylic acids is 1. The van der Waals surface area contributed by atoms with E-state index in [0.29, 0.717) is 25.2 Å². The molecule has 0 aliphatic heterocycles. The molecule has 0 heterocycles. The summed E-state index contributed by atoms with van der Waals surface area (Å²) >= 11 is 0. The highest BCUT2D eigenvalue weighted by molar-refractivity contribution is 6.37. The number of nitrogens with one attached hydrogen (secondary N) is 2. The van der Waals surface area contributed by atoms with Gasteiger partial charge in [-0.2, -0.15) is 0 Å². The molecule has 0 saturated heterocycles. The molecule has 0 aliphatic carbocycles. The molecule has 5 N–H and O–H groups in total. The Hall–Kier alpha value is -3.11. The van der Waals surface area contributed by atoms with Crippen molar-refractivity contribution in [1.29, 1.82) is 0 Å². The summed E-state index contributed by atoms with van der Waals surface area (Å²) in [7, 11) is 0.0669. The number of amides is 2. The quantitative estimate of drug-likeness (QED) is 0.165. The third kappa shape index (κ3) is 10.4. The van der Waals surface area contributed by atoms with Crippen molar-refractivity contribution >= 4 is 25.3 Å². The zero-order valence-corrected chi connectivity index (χ0v) is 19.3. The first-order chi connectivity index (χ1) is 15.7. The second kappa shape index (κ2) is 14.9. The summed E-state index contributed by atoms with van der Waals surface area (Å²) in [5, 5.41) is 14.3. The van der Waals surface area contributed by atoms with Gasteiger partial charge in [-0.15, -0.1) is 6.58 Å². The lowest BCUT2D eigenvalue weighted by Gasteiger charge is -2.24. The summed E-state index contributed by atoms with van der Waals surface area (Å²) in [6.45, 7) is 11.2. The molecule has 0 spiro atoms.